The van der Waals surface area contributed by atoms with Crippen LogP contribution in [0.15, 0.2) is 18.2 Å². The zero-order valence-corrected chi connectivity index (χ0v) is 9.88. The van der Waals surface area contributed by atoms with E-state index in [2.05, 4.69) is 0 Å². The molecule has 1 atom stereocenters. The first-order chi connectivity index (χ1) is 7.95. The van der Waals surface area contributed by atoms with Gasteiger partial charge in [-0.2, -0.15) is 0 Å². The Kier molecular flexibility index (Phi) is 4.48. The molecule has 0 fully saturated rings. The minimum atomic E-state index is -0.841. The van der Waals surface area contributed by atoms with E-state index in [-0.39, 0.29) is 24.0 Å². The molecule has 0 aliphatic heterocycles. The maximum absolute atomic E-state index is 11.4. The summed E-state index contributed by atoms with van der Waals surface area (Å²) in [7, 11) is 0. The summed E-state index contributed by atoms with van der Waals surface area (Å²) < 4.78 is 5.00. The number of benzene rings is 1. The number of esters is 1. The number of aliphatic hydroxyl groups is 1. The molecule has 0 saturated carbocycles. The van der Waals surface area contributed by atoms with Crippen LogP contribution in [0.25, 0.3) is 0 Å². The Bertz CT molecular complexity index is 403. The van der Waals surface area contributed by atoms with Gasteiger partial charge in [0.05, 0.1) is 12.0 Å². The van der Waals surface area contributed by atoms with Crippen LogP contribution in [-0.4, -0.2) is 22.7 Å². The van der Waals surface area contributed by atoms with Crippen molar-refractivity contribution in [1.29, 1.82) is 0 Å². The minimum absolute atomic E-state index is 0.0358. The van der Waals surface area contributed by atoms with Crippen molar-refractivity contribution in [3.8, 4) is 11.5 Å². The van der Waals surface area contributed by atoms with Crippen molar-refractivity contribution >= 4 is 5.97 Å². The SMILES string of the molecule is CC(C)C(=O)Oc1cc(C(O)CN)ccc1O. The van der Waals surface area contributed by atoms with E-state index in [9.17, 15) is 15.0 Å². The number of carbonyl (C=O) groups excluding carboxylic acids is 1. The first-order valence-corrected chi connectivity index (χ1v) is 5.38. The molecule has 17 heavy (non-hydrogen) atoms. The fraction of sp³-hybridized carbons (Fsp3) is 0.417. The predicted molar refractivity (Wildman–Crippen MR) is 62.6 cm³/mol. The van der Waals surface area contributed by atoms with Crippen LogP contribution in [0.2, 0.25) is 0 Å². The average Bonchev–Trinajstić information content (AvgIpc) is 2.30. The highest BCUT2D eigenvalue weighted by Gasteiger charge is 2.15. The minimum Gasteiger partial charge on any atom is -0.504 e. The lowest BCUT2D eigenvalue weighted by atomic mass is 10.1. The van der Waals surface area contributed by atoms with E-state index in [1.807, 2.05) is 0 Å². The van der Waals surface area contributed by atoms with Gasteiger partial charge in [-0.1, -0.05) is 19.9 Å². The van der Waals surface area contributed by atoms with Gasteiger partial charge in [0.25, 0.3) is 0 Å². The van der Waals surface area contributed by atoms with E-state index in [4.69, 9.17) is 10.5 Å². The van der Waals surface area contributed by atoms with E-state index in [1.54, 1.807) is 13.8 Å². The first kappa shape index (κ1) is 13.5. The highest BCUT2D eigenvalue weighted by Crippen LogP contribution is 2.29. The fourth-order valence-electron chi connectivity index (χ4n) is 1.18. The van der Waals surface area contributed by atoms with Gasteiger partial charge in [-0.25, -0.2) is 0 Å². The molecule has 94 valence electrons. The number of phenols is 1. The van der Waals surface area contributed by atoms with E-state index >= 15 is 0 Å². The van der Waals surface area contributed by atoms with E-state index in [1.165, 1.54) is 18.2 Å². The number of aromatic hydroxyl groups is 1. The summed E-state index contributed by atoms with van der Waals surface area (Å²) >= 11 is 0. The Morgan fingerprint density at radius 2 is 2.12 bits per heavy atom. The highest BCUT2D eigenvalue weighted by atomic mass is 16.5. The molecule has 0 bridgehead atoms. The van der Waals surface area contributed by atoms with Gasteiger partial charge in [0.15, 0.2) is 11.5 Å². The van der Waals surface area contributed by atoms with Crippen LogP contribution in [0.5, 0.6) is 11.5 Å². The maximum atomic E-state index is 11.4. The quantitative estimate of drug-likeness (QED) is 0.537. The Morgan fingerprint density at radius 3 is 2.65 bits per heavy atom. The van der Waals surface area contributed by atoms with Gasteiger partial charge < -0.3 is 20.7 Å². The largest absolute Gasteiger partial charge is 0.504 e. The van der Waals surface area contributed by atoms with Crippen LogP contribution in [-0.2, 0) is 4.79 Å². The molecule has 0 radical (unpaired) electrons. The van der Waals surface area contributed by atoms with Crippen molar-refractivity contribution < 1.29 is 19.7 Å². The molecule has 5 nitrogen and oxygen atoms in total. The van der Waals surface area contributed by atoms with E-state index < -0.39 is 12.1 Å². The summed E-state index contributed by atoms with van der Waals surface area (Å²) in [6.45, 7) is 3.44. The lowest BCUT2D eigenvalue weighted by Crippen LogP contribution is -2.16. The molecule has 0 spiro atoms. The van der Waals surface area contributed by atoms with Crippen LogP contribution >= 0.6 is 0 Å². The van der Waals surface area contributed by atoms with Gasteiger partial charge in [0.2, 0.25) is 0 Å². The van der Waals surface area contributed by atoms with Crippen LogP contribution < -0.4 is 10.5 Å². The maximum Gasteiger partial charge on any atom is 0.313 e. The van der Waals surface area contributed by atoms with E-state index in [0.29, 0.717) is 5.56 Å². The molecule has 0 heterocycles. The van der Waals surface area contributed by atoms with Gasteiger partial charge in [-0.3, -0.25) is 4.79 Å². The number of hydrogen-bond donors (Lipinski definition) is 3. The van der Waals surface area contributed by atoms with Crippen molar-refractivity contribution in [2.75, 3.05) is 6.54 Å². The number of carbonyl (C=O) groups is 1. The van der Waals surface area contributed by atoms with Crippen LogP contribution in [0, 0.1) is 5.92 Å². The number of aliphatic hydroxyl groups excluding tert-OH is 1. The summed E-state index contributed by atoms with van der Waals surface area (Å²) in [6.07, 6.45) is -0.841. The second kappa shape index (κ2) is 5.65. The molecule has 1 unspecified atom stereocenters. The smallest absolute Gasteiger partial charge is 0.313 e. The van der Waals surface area contributed by atoms with Crippen LogP contribution in [0.4, 0.5) is 0 Å². The summed E-state index contributed by atoms with van der Waals surface area (Å²) in [5.41, 5.74) is 5.82. The molecule has 1 aromatic carbocycles. The van der Waals surface area contributed by atoms with Gasteiger partial charge >= 0.3 is 5.97 Å². The zero-order chi connectivity index (χ0) is 13.0. The Labute approximate surface area is 99.8 Å². The molecular formula is C12H17NO4. The molecule has 0 saturated heterocycles. The van der Waals surface area contributed by atoms with Gasteiger partial charge in [0, 0.05) is 6.54 Å². The Morgan fingerprint density at radius 1 is 1.47 bits per heavy atom. The molecule has 4 N–H and O–H groups in total. The highest BCUT2D eigenvalue weighted by molar-refractivity contribution is 5.75. The summed E-state index contributed by atoms with van der Waals surface area (Å²) in [5, 5.41) is 19.1. The summed E-state index contributed by atoms with van der Waals surface area (Å²) in [4.78, 5) is 11.4. The van der Waals surface area contributed by atoms with Crippen LogP contribution in [0.3, 0.4) is 0 Å². The summed E-state index contributed by atoms with van der Waals surface area (Å²) in [6, 6.07) is 4.30. The normalized spacial score (nSPS) is 12.5. The Hall–Kier alpha value is -1.59. The van der Waals surface area contributed by atoms with Crippen molar-refractivity contribution in [2.45, 2.75) is 20.0 Å². The third kappa shape index (κ3) is 3.44. The fourth-order valence-corrected chi connectivity index (χ4v) is 1.18. The molecule has 1 rings (SSSR count). The van der Waals surface area contributed by atoms with Crippen LogP contribution in [0.1, 0.15) is 25.5 Å². The molecule has 0 aliphatic rings. The third-order valence-corrected chi connectivity index (χ3v) is 2.27. The van der Waals surface area contributed by atoms with E-state index in [0.717, 1.165) is 0 Å². The standard InChI is InChI=1S/C12H17NO4/c1-7(2)12(16)17-11-5-8(10(15)6-13)3-4-9(11)14/h3-5,7,10,14-15H,6,13H2,1-2H3. The number of rotatable bonds is 4. The monoisotopic (exact) mass is 239 g/mol. The number of ether oxygens (including phenoxy) is 1. The lowest BCUT2D eigenvalue weighted by Gasteiger charge is -2.12. The molecule has 0 aromatic heterocycles. The Balaban J connectivity index is 2.94. The average molecular weight is 239 g/mol. The van der Waals surface area contributed by atoms with Crippen molar-refractivity contribution in [2.24, 2.45) is 11.7 Å². The zero-order valence-electron chi connectivity index (χ0n) is 9.88. The number of nitrogens with two attached hydrogens (primary N) is 1. The molecule has 0 aliphatic carbocycles. The first-order valence-electron chi connectivity index (χ1n) is 5.38. The van der Waals surface area contributed by atoms with Crippen molar-refractivity contribution in [1.82, 2.24) is 0 Å². The third-order valence-electron chi connectivity index (χ3n) is 2.27. The van der Waals surface area contributed by atoms with Crippen molar-refractivity contribution in [3.63, 3.8) is 0 Å². The molecule has 5 heteroatoms. The second-order valence-electron chi connectivity index (χ2n) is 4.05. The summed E-state index contributed by atoms with van der Waals surface area (Å²) in [5.74, 6) is -0.849. The number of phenolic OH excluding ortho intramolecular Hbond substituents is 1. The van der Waals surface area contributed by atoms with Gasteiger partial charge in [-0.05, 0) is 17.7 Å². The topological polar surface area (TPSA) is 92.8 Å². The predicted octanol–water partition coefficient (Wildman–Crippen LogP) is 0.946. The van der Waals surface area contributed by atoms with Gasteiger partial charge in [0.1, 0.15) is 0 Å². The van der Waals surface area contributed by atoms with Crippen molar-refractivity contribution in [3.05, 3.63) is 23.8 Å². The molecular weight excluding hydrogens is 222 g/mol. The second-order valence-corrected chi connectivity index (χ2v) is 4.05. The molecule has 0 amide bonds. The lowest BCUT2D eigenvalue weighted by molar-refractivity contribution is -0.137. The van der Waals surface area contributed by atoms with Gasteiger partial charge in [-0.15, -0.1) is 0 Å². The number of hydrogen-bond acceptors (Lipinski definition) is 5. The molecule has 1 aromatic rings.